The number of carbonyl (C=O) groups is 1. The molecule has 2 aromatic heterocycles. The molecule has 0 saturated carbocycles. The van der Waals surface area contributed by atoms with Crippen LogP contribution in [0.3, 0.4) is 0 Å². The molecule has 8 heteroatoms. The summed E-state index contributed by atoms with van der Waals surface area (Å²) in [5.74, 6) is 1.89. The van der Waals surface area contributed by atoms with Gasteiger partial charge in [0, 0.05) is 5.38 Å². The normalized spacial score (nSPS) is 10.4. The number of nitrogens with zero attached hydrogens (tertiary/aromatic N) is 1. The van der Waals surface area contributed by atoms with Crippen LogP contribution in [-0.2, 0) is 6.61 Å². The summed E-state index contributed by atoms with van der Waals surface area (Å²) in [6.45, 7) is 1.99. The molecular weight excluding hydrogens is 356 g/mol. The first-order valence-corrected chi connectivity index (χ1v) is 8.64. The number of thiazole rings is 1. The third kappa shape index (κ3) is 3.97. The molecule has 0 unspecified atom stereocenters. The number of para-hydroxylation sites is 1. The minimum absolute atomic E-state index is 0.125. The highest BCUT2D eigenvalue weighted by Gasteiger charge is 2.15. The summed E-state index contributed by atoms with van der Waals surface area (Å²) >= 11 is 1.36. The van der Waals surface area contributed by atoms with Crippen LogP contribution < -0.4 is 19.5 Å². The standard InChI is InChI=1S/C18H18N2O5S/c1-11-10-26-18(19-11)20-17(21)15-8-7-12(25-15)9-24-16-13(22-2)5-4-6-14(16)23-3/h4-8,10H,9H2,1-3H3,(H,19,20,21). The number of benzene rings is 1. The van der Waals surface area contributed by atoms with Gasteiger partial charge in [0.1, 0.15) is 12.4 Å². The van der Waals surface area contributed by atoms with E-state index in [2.05, 4.69) is 10.3 Å². The predicted molar refractivity (Wildman–Crippen MR) is 97.4 cm³/mol. The average Bonchev–Trinajstić information content (AvgIpc) is 3.28. The molecule has 0 aliphatic carbocycles. The van der Waals surface area contributed by atoms with Gasteiger partial charge in [0.05, 0.1) is 19.9 Å². The molecular formula is C18H18N2O5S. The van der Waals surface area contributed by atoms with E-state index in [9.17, 15) is 4.79 Å². The number of carbonyl (C=O) groups excluding carboxylic acids is 1. The van der Waals surface area contributed by atoms with E-state index in [1.165, 1.54) is 11.3 Å². The molecule has 0 radical (unpaired) electrons. The van der Waals surface area contributed by atoms with Crippen LogP contribution in [0.1, 0.15) is 22.0 Å². The third-order valence-electron chi connectivity index (χ3n) is 3.47. The average molecular weight is 374 g/mol. The molecule has 1 amide bonds. The van der Waals surface area contributed by atoms with E-state index in [0.29, 0.717) is 28.1 Å². The number of nitrogens with one attached hydrogen (secondary N) is 1. The van der Waals surface area contributed by atoms with Crippen molar-refractivity contribution in [2.75, 3.05) is 19.5 Å². The Balaban J connectivity index is 1.67. The molecule has 0 aliphatic rings. The van der Waals surface area contributed by atoms with Crippen LogP contribution in [0.5, 0.6) is 17.2 Å². The van der Waals surface area contributed by atoms with Gasteiger partial charge in [0.25, 0.3) is 5.91 Å². The van der Waals surface area contributed by atoms with Gasteiger partial charge in [-0.2, -0.15) is 0 Å². The molecule has 0 saturated heterocycles. The number of hydrogen-bond donors (Lipinski definition) is 1. The quantitative estimate of drug-likeness (QED) is 0.675. The Morgan fingerprint density at radius 3 is 2.54 bits per heavy atom. The molecule has 0 aliphatic heterocycles. The number of anilines is 1. The second kappa shape index (κ2) is 7.92. The van der Waals surface area contributed by atoms with Crippen molar-refractivity contribution in [2.45, 2.75) is 13.5 Å². The summed E-state index contributed by atoms with van der Waals surface area (Å²) in [6.07, 6.45) is 0. The Kier molecular flexibility index (Phi) is 5.43. The van der Waals surface area contributed by atoms with E-state index >= 15 is 0 Å². The minimum Gasteiger partial charge on any atom is -0.493 e. The fraction of sp³-hybridized carbons (Fsp3) is 0.222. The maximum atomic E-state index is 12.2. The van der Waals surface area contributed by atoms with Gasteiger partial charge in [-0.3, -0.25) is 10.1 Å². The second-order valence-corrected chi connectivity index (χ2v) is 6.15. The lowest BCUT2D eigenvalue weighted by Gasteiger charge is -2.13. The molecule has 0 bridgehead atoms. The van der Waals surface area contributed by atoms with Gasteiger partial charge in [-0.1, -0.05) is 6.07 Å². The molecule has 3 rings (SSSR count). The van der Waals surface area contributed by atoms with Crippen LogP contribution in [0.25, 0.3) is 0 Å². The topological polar surface area (TPSA) is 82.8 Å². The summed E-state index contributed by atoms with van der Waals surface area (Å²) in [6, 6.07) is 8.63. The van der Waals surface area contributed by atoms with Crippen molar-refractivity contribution >= 4 is 22.4 Å². The van der Waals surface area contributed by atoms with Gasteiger partial charge in [-0.05, 0) is 31.2 Å². The smallest absolute Gasteiger partial charge is 0.293 e. The number of aromatic nitrogens is 1. The highest BCUT2D eigenvalue weighted by Crippen LogP contribution is 2.37. The van der Waals surface area contributed by atoms with Gasteiger partial charge in [0.15, 0.2) is 22.4 Å². The third-order valence-corrected chi connectivity index (χ3v) is 4.34. The van der Waals surface area contributed by atoms with Crippen molar-refractivity contribution in [3.05, 3.63) is 52.9 Å². The maximum absolute atomic E-state index is 12.2. The molecule has 1 aromatic carbocycles. The second-order valence-electron chi connectivity index (χ2n) is 5.29. The SMILES string of the molecule is COc1cccc(OC)c1OCc1ccc(C(=O)Nc2nc(C)cs2)o1. The maximum Gasteiger partial charge on any atom is 0.293 e. The molecule has 2 heterocycles. The first-order valence-electron chi connectivity index (χ1n) is 7.76. The van der Waals surface area contributed by atoms with E-state index in [1.54, 1.807) is 44.6 Å². The summed E-state index contributed by atoms with van der Waals surface area (Å²) in [5, 5.41) is 5.08. The molecule has 7 nitrogen and oxygen atoms in total. The molecule has 136 valence electrons. The number of hydrogen-bond acceptors (Lipinski definition) is 7. The zero-order valence-corrected chi connectivity index (χ0v) is 15.4. The van der Waals surface area contributed by atoms with E-state index in [-0.39, 0.29) is 18.3 Å². The summed E-state index contributed by atoms with van der Waals surface area (Å²) in [7, 11) is 3.11. The van der Waals surface area contributed by atoms with Crippen LogP contribution in [0.15, 0.2) is 40.1 Å². The summed E-state index contributed by atoms with van der Waals surface area (Å²) < 4.78 is 21.9. The number of ether oxygens (including phenoxy) is 3. The van der Waals surface area contributed by atoms with Crippen LogP contribution in [0, 0.1) is 6.92 Å². The molecule has 0 fully saturated rings. The van der Waals surface area contributed by atoms with Crippen LogP contribution in [-0.4, -0.2) is 25.1 Å². The fourth-order valence-corrected chi connectivity index (χ4v) is 2.93. The zero-order chi connectivity index (χ0) is 18.5. The minimum atomic E-state index is -0.361. The largest absolute Gasteiger partial charge is 0.493 e. The van der Waals surface area contributed by atoms with Gasteiger partial charge >= 0.3 is 0 Å². The monoisotopic (exact) mass is 374 g/mol. The van der Waals surface area contributed by atoms with Gasteiger partial charge < -0.3 is 18.6 Å². The van der Waals surface area contributed by atoms with Gasteiger partial charge in [-0.25, -0.2) is 4.98 Å². The molecule has 0 atom stereocenters. The molecule has 0 spiro atoms. The predicted octanol–water partition coefficient (Wildman–Crippen LogP) is 3.89. The van der Waals surface area contributed by atoms with Crippen molar-refractivity contribution in [1.82, 2.24) is 4.98 Å². The van der Waals surface area contributed by atoms with Crippen LogP contribution >= 0.6 is 11.3 Å². The van der Waals surface area contributed by atoms with Gasteiger partial charge in [0.2, 0.25) is 5.75 Å². The van der Waals surface area contributed by atoms with E-state index in [4.69, 9.17) is 18.6 Å². The first-order chi connectivity index (χ1) is 12.6. The van der Waals surface area contributed by atoms with Gasteiger partial charge in [-0.15, -0.1) is 11.3 Å². The zero-order valence-electron chi connectivity index (χ0n) is 14.6. The van der Waals surface area contributed by atoms with E-state index < -0.39 is 0 Å². The van der Waals surface area contributed by atoms with Crippen LogP contribution in [0.4, 0.5) is 5.13 Å². The highest BCUT2D eigenvalue weighted by atomic mass is 32.1. The van der Waals surface area contributed by atoms with Crippen molar-refractivity contribution in [1.29, 1.82) is 0 Å². The molecule has 26 heavy (non-hydrogen) atoms. The van der Waals surface area contributed by atoms with E-state index in [0.717, 1.165) is 5.69 Å². The Morgan fingerprint density at radius 2 is 1.92 bits per heavy atom. The first kappa shape index (κ1) is 17.8. The Bertz CT molecular complexity index is 880. The van der Waals surface area contributed by atoms with Crippen molar-refractivity contribution in [3.63, 3.8) is 0 Å². The lowest BCUT2D eigenvalue weighted by atomic mass is 10.3. The Hall–Kier alpha value is -3.00. The van der Waals surface area contributed by atoms with Crippen LogP contribution in [0.2, 0.25) is 0 Å². The van der Waals surface area contributed by atoms with Crippen molar-refractivity contribution in [3.8, 4) is 17.2 Å². The lowest BCUT2D eigenvalue weighted by Crippen LogP contribution is -2.10. The molecule has 1 N–H and O–H groups in total. The summed E-state index contributed by atoms with van der Waals surface area (Å²) in [4.78, 5) is 16.4. The highest BCUT2D eigenvalue weighted by molar-refractivity contribution is 7.13. The molecule has 3 aromatic rings. The lowest BCUT2D eigenvalue weighted by molar-refractivity contribution is 0.0992. The summed E-state index contributed by atoms with van der Waals surface area (Å²) in [5.41, 5.74) is 0.851. The fourth-order valence-electron chi connectivity index (χ4n) is 2.25. The number of amides is 1. The number of rotatable bonds is 7. The number of furan rings is 1. The Labute approximate surface area is 154 Å². The van der Waals surface area contributed by atoms with Crippen molar-refractivity contribution < 1.29 is 23.4 Å². The van der Waals surface area contributed by atoms with E-state index in [1.807, 2.05) is 12.3 Å². The Morgan fingerprint density at radius 1 is 1.19 bits per heavy atom. The number of aryl methyl sites for hydroxylation is 1. The van der Waals surface area contributed by atoms with Crippen molar-refractivity contribution in [2.24, 2.45) is 0 Å². The number of methoxy groups -OCH3 is 2.